The molecule has 1 saturated carbocycles. The Morgan fingerprint density at radius 1 is 1.14 bits per heavy atom. The number of imidazole rings is 1. The van der Waals surface area contributed by atoms with Crippen LogP contribution in [0.3, 0.4) is 0 Å². The highest BCUT2D eigenvalue weighted by Crippen LogP contribution is 2.39. The predicted octanol–water partition coefficient (Wildman–Crippen LogP) is 5.60. The summed E-state index contributed by atoms with van der Waals surface area (Å²) >= 11 is 0. The lowest BCUT2D eigenvalue weighted by molar-refractivity contribution is -0.143. The number of rotatable bonds is 7. The van der Waals surface area contributed by atoms with E-state index in [2.05, 4.69) is 15.6 Å². The van der Waals surface area contributed by atoms with Crippen molar-refractivity contribution in [1.82, 2.24) is 14.5 Å². The Morgan fingerprint density at radius 2 is 1.94 bits per heavy atom. The summed E-state index contributed by atoms with van der Waals surface area (Å²) in [5.74, 6) is 0.155. The lowest BCUT2D eigenvalue weighted by Crippen LogP contribution is -2.27. The molecular weight excluding hydrogens is 452 g/mol. The molecule has 0 aliphatic heterocycles. The van der Waals surface area contributed by atoms with Crippen molar-refractivity contribution in [3.8, 4) is 11.8 Å². The average Bonchev–Trinajstić information content (AvgIpc) is 3.26. The van der Waals surface area contributed by atoms with Crippen LogP contribution < -0.4 is 4.74 Å². The molecule has 182 valence electrons. The SMILES string of the molecule is Cc1ccc(COc2ccc3nc(C4CCCC[C@H]4C(=O)O)n(Cc4ccc(C#N)cc4)c3c2)nc1. The number of pyridine rings is 1. The van der Waals surface area contributed by atoms with E-state index < -0.39 is 11.9 Å². The summed E-state index contributed by atoms with van der Waals surface area (Å²) in [7, 11) is 0. The van der Waals surface area contributed by atoms with Gasteiger partial charge in [-0.25, -0.2) is 4.98 Å². The second kappa shape index (κ2) is 10.2. The van der Waals surface area contributed by atoms with Crippen molar-refractivity contribution in [2.45, 2.75) is 51.7 Å². The number of hydrogen-bond donors (Lipinski definition) is 1. The van der Waals surface area contributed by atoms with Gasteiger partial charge in [0.05, 0.1) is 34.3 Å². The Hall–Kier alpha value is -4.18. The topological polar surface area (TPSA) is 101 Å². The molecule has 1 unspecified atom stereocenters. The smallest absolute Gasteiger partial charge is 0.307 e. The summed E-state index contributed by atoms with van der Waals surface area (Å²) < 4.78 is 8.18. The largest absolute Gasteiger partial charge is 0.487 e. The van der Waals surface area contributed by atoms with Crippen LogP contribution in [0.4, 0.5) is 0 Å². The van der Waals surface area contributed by atoms with Gasteiger partial charge in [-0.15, -0.1) is 0 Å². The Morgan fingerprint density at radius 3 is 2.67 bits per heavy atom. The van der Waals surface area contributed by atoms with Crippen molar-refractivity contribution in [3.05, 3.63) is 89.0 Å². The number of carboxylic acids is 1. The summed E-state index contributed by atoms with van der Waals surface area (Å²) in [6, 6.07) is 19.4. The van der Waals surface area contributed by atoms with E-state index in [9.17, 15) is 9.90 Å². The molecule has 0 spiro atoms. The Labute approximate surface area is 210 Å². The van der Waals surface area contributed by atoms with Crippen LogP contribution in [-0.2, 0) is 17.9 Å². The monoisotopic (exact) mass is 480 g/mol. The number of aliphatic carboxylic acids is 1. The minimum Gasteiger partial charge on any atom is -0.487 e. The number of fused-ring (bicyclic) bond motifs is 1. The predicted molar refractivity (Wildman–Crippen MR) is 136 cm³/mol. The number of benzene rings is 2. The number of hydrogen-bond acceptors (Lipinski definition) is 5. The normalized spacial score (nSPS) is 17.6. The van der Waals surface area contributed by atoms with Crippen LogP contribution in [0.25, 0.3) is 11.0 Å². The van der Waals surface area contributed by atoms with Crippen LogP contribution in [0, 0.1) is 24.2 Å². The van der Waals surface area contributed by atoms with E-state index in [1.807, 2.05) is 55.6 Å². The molecule has 2 atom stereocenters. The molecule has 2 aromatic carbocycles. The van der Waals surface area contributed by atoms with Gasteiger partial charge in [0.2, 0.25) is 0 Å². The third kappa shape index (κ3) is 4.94. The lowest BCUT2D eigenvalue weighted by Gasteiger charge is -2.28. The third-order valence-corrected chi connectivity index (χ3v) is 6.95. The van der Waals surface area contributed by atoms with Crippen LogP contribution in [0.2, 0.25) is 0 Å². The molecule has 4 aromatic rings. The standard InChI is InChI=1S/C29H28N4O3/c1-19-6-11-22(31-16-19)18-36-23-12-13-26-27(14-23)33(17-21-9-7-20(15-30)8-10-21)28(32-26)24-4-2-3-5-25(24)29(34)35/h6-14,16,24-25H,2-5,17-18H2,1H3,(H,34,35)/t24?,25-/m1/s1. The minimum atomic E-state index is -0.758. The van der Waals surface area contributed by atoms with Gasteiger partial charge in [-0.1, -0.05) is 31.0 Å². The van der Waals surface area contributed by atoms with Crippen LogP contribution in [0.1, 0.15) is 59.8 Å². The zero-order valence-electron chi connectivity index (χ0n) is 20.2. The maximum Gasteiger partial charge on any atom is 0.307 e. The van der Waals surface area contributed by atoms with Gasteiger partial charge in [0.15, 0.2) is 0 Å². The molecule has 0 radical (unpaired) electrons. The summed E-state index contributed by atoms with van der Waals surface area (Å²) in [6.07, 6.45) is 5.21. The van der Waals surface area contributed by atoms with E-state index in [0.29, 0.717) is 30.9 Å². The number of ether oxygens (including phenoxy) is 1. The Bertz CT molecular complexity index is 1420. The van der Waals surface area contributed by atoms with Crippen molar-refractivity contribution in [1.29, 1.82) is 5.26 Å². The highest BCUT2D eigenvalue weighted by Gasteiger charge is 2.35. The van der Waals surface area contributed by atoms with E-state index in [1.54, 1.807) is 12.1 Å². The van der Waals surface area contributed by atoms with Gasteiger partial charge in [0.25, 0.3) is 0 Å². The molecule has 0 bridgehead atoms. The second-order valence-corrected chi connectivity index (χ2v) is 9.47. The highest BCUT2D eigenvalue weighted by molar-refractivity contribution is 5.79. The highest BCUT2D eigenvalue weighted by atomic mass is 16.5. The molecule has 1 aliphatic rings. The number of aryl methyl sites for hydroxylation is 1. The number of carbonyl (C=O) groups is 1. The first-order chi connectivity index (χ1) is 17.5. The molecule has 0 saturated heterocycles. The van der Waals surface area contributed by atoms with Gasteiger partial charge >= 0.3 is 5.97 Å². The molecule has 2 heterocycles. The first-order valence-electron chi connectivity index (χ1n) is 12.3. The summed E-state index contributed by atoms with van der Waals surface area (Å²) in [4.78, 5) is 21.5. The molecule has 7 heteroatoms. The van der Waals surface area contributed by atoms with Crippen LogP contribution in [0.5, 0.6) is 5.75 Å². The fourth-order valence-electron chi connectivity index (χ4n) is 5.00. The van der Waals surface area contributed by atoms with Crippen molar-refractivity contribution in [3.63, 3.8) is 0 Å². The van der Waals surface area contributed by atoms with E-state index in [4.69, 9.17) is 15.0 Å². The summed E-state index contributed by atoms with van der Waals surface area (Å²) in [5, 5.41) is 19.1. The molecule has 36 heavy (non-hydrogen) atoms. The number of nitrogens with zero attached hydrogens (tertiary/aromatic N) is 4. The molecule has 2 aromatic heterocycles. The average molecular weight is 481 g/mol. The Kier molecular flexibility index (Phi) is 6.68. The van der Waals surface area contributed by atoms with E-state index in [0.717, 1.165) is 52.9 Å². The van der Waals surface area contributed by atoms with Gasteiger partial charge in [-0.05, 0) is 61.2 Å². The van der Waals surface area contributed by atoms with E-state index in [1.165, 1.54) is 0 Å². The maximum atomic E-state index is 12.1. The fourth-order valence-corrected chi connectivity index (χ4v) is 5.00. The van der Waals surface area contributed by atoms with Gasteiger partial charge in [0.1, 0.15) is 18.2 Å². The van der Waals surface area contributed by atoms with Crippen molar-refractivity contribution in [2.75, 3.05) is 0 Å². The quantitative estimate of drug-likeness (QED) is 0.370. The van der Waals surface area contributed by atoms with Crippen LogP contribution in [0.15, 0.2) is 60.8 Å². The van der Waals surface area contributed by atoms with E-state index in [-0.39, 0.29) is 5.92 Å². The molecular formula is C29H28N4O3. The molecule has 0 amide bonds. The number of nitriles is 1. The van der Waals surface area contributed by atoms with Crippen LogP contribution >= 0.6 is 0 Å². The Balaban J connectivity index is 1.52. The van der Waals surface area contributed by atoms with Crippen molar-refractivity contribution in [2.24, 2.45) is 5.92 Å². The number of carboxylic acid groups (broad SMARTS) is 1. The summed E-state index contributed by atoms with van der Waals surface area (Å²) in [6.45, 7) is 2.88. The third-order valence-electron chi connectivity index (χ3n) is 6.95. The van der Waals surface area contributed by atoms with Gasteiger partial charge in [-0.2, -0.15) is 5.26 Å². The van der Waals surface area contributed by atoms with Crippen molar-refractivity contribution < 1.29 is 14.6 Å². The first kappa shape index (κ1) is 23.6. The van der Waals surface area contributed by atoms with Gasteiger partial charge in [0, 0.05) is 24.7 Å². The molecule has 1 fully saturated rings. The molecule has 1 N–H and O–H groups in total. The molecule has 1 aliphatic carbocycles. The second-order valence-electron chi connectivity index (χ2n) is 9.47. The lowest BCUT2D eigenvalue weighted by atomic mass is 9.78. The van der Waals surface area contributed by atoms with Crippen molar-refractivity contribution >= 4 is 17.0 Å². The van der Waals surface area contributed by atoms with Gasteiger partial charge < -0.3 is 14.4 Å². The zero-order valence-corrected chi connectivity index (χ0v) is 20.2. The molecule has 5 rings (SSSR count). The van der Waals surface area contributed by atoms with Crippen LogP contribution in [-0.4, -0.2) is 25.6 Å². The first-order valence-corrected chi connectivity index (χ1v) is 12.3. The fraction of sp³-hybridized carbons (Fsp3) is 0.310. The van der Waals surface area contributed by atoms with E-state index >= 15 is 0 Å². The zero-order chi connectivity index (χ0) is 25.1. The number of aromatic nitrogens is 3. The molecule has 7 nitrogen and oxygen atoms in total. The van der Waals surface area contributed by atoms with Gasteiger partial charge in [-0.3, -0.25) is 9.78 Å². The minimum absolute atomic E-state index is 0.150. The maximum absolute atomic E-state index is 12.1. The summed E-state index contributed by atoms with van der Waals surface area (Å²) in [5.41, 5.74) is 5.29.